The van der Waals surface area contributed by atoms with E-state index < -0.39 is 0 Å². The van der Waals surface area contributed by atoms with E-state index in [0.717, 1.165) is 18.5 Å². The summed E-state index contributed by atoms with van der Waals surface area (Å²) in [5, 5.41) is 0. The van der Waals surface area contributed by atoms with Crippen molar-refractivity contribution in [2.45, 2.75) is 19.8 Å². The molecule has 0 fully saturated rings. The zero-order valence-corrected chi connectivity index (χ0v) is 7.83. The molecule has 0 N–H and O–H groups in total. The first kappa shape index (κ1) is 8.24. The fraction of sp³-hybridized carbons (Fsp3) is 0.250. The maximum Gasteiger partial charge on any atom is 0.0664 e. The van der Waals surface area contributed by atoms with E-state index in [1.807, 2.05) is 12.3 Å². The van der Waals surface area contributed by atoms with Crippen molar-refractivity contribution < 1.29 is 0 Å². The summed E-state index contributed by atoms with van der Waals surface area (Å²) in [7, 11) is 0. The van der Waals surface area contributed by atoms with Crippen LogP contribution < -0.4 is 0 Å². The topological polar surface area (TPSA) is 12.9 Å². The Hall–Kier alpha value is -1.37. The third kappa shape index (κ3) is 1.69. The molecule has 13 heavy (non-hydrogen) atoms. The van der Waals surface area contributed by atoms with Gasteiger partial charge in [-0.05, 0) is 30.5 Å². The number of allylic oxidation sites excluding steroid dienone is 3. The average Bonchev–Trinajstić information content (AvgIpc) is 2.38. The van der Waals surface area contributed by atoms with E-state index in [9.17, 15) is 0 Å². The molecule has 0 atom stereocenters. The van der Waals surface area contributed by atoms with E-state index >= 15 is 0 Å². The summed E-state index contributed by atoms with van der Waals surface area (Å²) < 4.78 is 0. The quantitative estimate of drug-likeness (QED) is 0.633. The molecule has 0 amide bonds. The Bertz CT molecular complexity index is 361. The standard InChI is InChI=1S/C12H13N/c1-2-10-5-3-7-12-11(9-10)6-4-8-13-12/h3-8H,2,9H2,1H3. The number of pyridine rings is 1. The molecule has 0 bridgehead atoms. The second kappa shape index (κ2) is 3.56. The Morgan fingerprint density at radius 2 is 2.38 bits per heavy atom. The van der Waals surface area contributed by atoms with Crippen molar-refractivity contribution >= 4 is 6.08 Å². The molecule has 0 aliphatic heterocycles. The van der Waals surface area contributed by atoms with Crippen molar-refractivity contribution in [3.05, 3.63) is 47.3 Å². The molecule has 0 saturated heterocycles. The Balaban J connectivity index is 2.40. The smallest absolute Gasteiger partial charge is 0.0664 e. The molecular formula is C12H13N. The van der Waals surface area contributed by atoms with Crippen LogP contribution in [0.1, 0.15) is 24.6 Å². The van der Waals surface area contributed by atoms with Crippen molar-refractivity contribution in [3.63, 3.8) is 0 Å². The van der Waals surface area contributed by atoms with Crippen LogP contribution in [0.25, 0.3) is 6.08 Å². The molecule has 0 radical (unpaired) electrons. The number of rotatable bonds is 1. The first-order valence-corrected chi connectivity index (χ1v) is 4.70. The van der Waals surface area contributed by atoms with Gasteiger partial charge in [-0.2, -0.15) is 0 Å². The highest BCUT2D eigenvalue weighted by molar-refractivity contribution is 5.54. The molecule has 1 heteroatoms. The van der Waals surface area contributed by atoms with Crippen LogP contribution in [0.15, 0.2) is 36.1 Å². The van der Waals surface area contributed by atoms with E-state index in [4.69, 9.17) is 0 Å². The second-order valence-electron chi connectivity index (χ2n) is 3.26. The van der Waals surface area contributed by atoms with Gasteiger partial charge < -0.3 is 0 Å². The number of aromatic nitrogens is 1. The van der Waals surface area contributed by atoms with Gasteiger partial charge in [-0.15, -0.1) is 0 Å². The summed E-state index contributed by atoms with van der Waals surface area (Å²) in [5.74, 6) is 0. The van der Waals surface area contributed by atoms with Gasteiger partial charge in [0.2, 0.25) is 0 Å². The van der Waals surface area contributed by atoms with Crippen LogP contribution in [0.4, 0.5) is 0 Å². The highest BCUT2D eigenvalue weighted by Crippen LogP contribution is 2.18. The summed E-state index contributed by atoms with van der Waals surface area (Å²) in [6.45, 7) is 2.20. The maximum absolute atomic E-state index is 4.33. The SMILES string of the molecule is CCC1=CC=Cc2ncccc2C1. The molecular weight excluding hydrogens is 158 g/mol. The summed E-state index contributed by atoms with van der Waals surface area (Å²) in [5.41, 5.74) is 3.93. The van der Waals surface area contributed by atoms with E-state index in [1.54, 1.807) is 0 Å². The minimum absolute atomic E-state index is 1.05. The molecule has 66 valence electrons. The third-order valence-corrected chi connectivity index (χ3v) is 2.38. The average molecular weight is 171 g/mol. The zero-order chi connectivity index (χ0) is 9.10. The Morgan fingerprint density at radius 3 is 3.23 bits per heavy atom. The lowest BCUT2D eigenvalue weighted by atomic mass is 10.0. The van der Waals surface area contributed by atoms with Crippen LogP contribution in [-0.4, -0.2) is 4.98 Å². The molecule has 1 aromatic heterocycles. The lowest BCUT2D eigenvalue weighted by Gasteiger charge is -2.04. The van der Waals surface area contributed by atoms with Crippen LogP contribution in [0, 0.1) is 0 Å². The molecule has 2 rings (SSSR count). The van der Waals surface area contributed by atoms with Crippen LogP contribution >= 0.6 is 0 Å². The largest absolute Gasteiger partial charge is 0.257 e. The van der Waals surface area contributed by atoms with Crippen LogP contribution in [0.3, 0.4) is 0 Å². The molecule has 0 saturated carbocycles. The lowest BCUT2D eigenvalue weighted by Crippen LogP contribution is -1.92. The highest BCUT2D eigenvalue weighted by atomic mass is 14.7. The van der Waals surface area contributed by atoms with Gasteiger partial charge >= 0.3 is 0 Å². The third-order valence-electron chi connectivity index (χ3n) is 2.38. The second-order valence-corrected chi connectivity index (χ2v) is 3.26. The lowest BCUT2D eigenvalue weighted by molar-refractivity contribution is 0.996. The van der Waals surface area contributed by atoms with Gasteiger partial charge in [0.15, 0.2) is 0 Å². The van der Waals surface area contributed by atoms with Gasteiger partial charge in [0.05, 0.1) is 5.69 Å². The zero-order valence-electron chi connectivity index (χ0n) is 7.83. The van der Waals surface area contributed by atoms with Gasteiger partial charge in [-0.25, -0.2) is 0 Å². The van der Waals surface area contributed by atoms with Crippen LogP contribution in [-0.2, 0) is 6.42 Å². The van der Waals surface area contributed by atoms with Crippen molar-refractivity contribution in [3.8, 4) is 0 Å². The van der Waals surface area contributed by atoms with Gasteiger partial charge in [0, 0.05) is 6.20 Å². The number of hydrogen-bond donors (Lipinski definition) is 0. The minimum Gasteiger partial charge on any atom is -0.257 e. The van der Waals surface area contributed by atoms with E-state index in [2.05, 4.69) is 36.2 Å². The molecule has 0 spiro atoms. The normalized spacial score (nSPS) is 14.7. The molecule has 1 aromatic rings. The van der Waals surface area contributed by atoms with E-state index in [1.165, 1.54) is 11.1 Å². The molecule has 1 nitrogen and oxygen atoms in total. The van der Waals surface area contributed by atoms with E-state index in [0.29, 0.717) is 0 Å². The number of nitrogens with zero attached hydrogens (tertiary/aromatic N) is 1. The van der Waals surface area contributed by atoms with E-state index in [-0.39, 0.29) is 0 Å². The Morgan fingerprint density at radius 1 is 1.46 bits per heavy atom. The van der Waals surface area contributed by atoms with Gasteiger partial charge in [-0.1, -0.05) is 30.7 Å². The molecule has 1 aliphatic carbocycles. The maximum atomic E-state index is 4.33. The summed E-state index contributed by atoms with van der Waals surface area (Å²) in [6, 6.07) is 4.16. The number of fused-ring (bicyclic) bond motifs is 1. The monoisotopic (exact) mass is 171 g/mol. The molecule has 1 heterocycles. The van der Waals surface area contributed by atoms with Gasteiger partial charge in [0.25, 0.3) is 0 Å². The first-order valence-electron chi connectivity index (χ1n) is 4.70. The fourth-order valence-corrected chi connectivity index (χ4v) is 1.57. The van der Waals surface area contributed by atoms with Crippen molar-refractivity contribution in [2.24, 2.45) is 0 Å². The summed E-state index contributed by atoms with van der Waals surface area (Å²) in [6.07, 6.45) is 10.4. The highest BCUT2D eigenvalue weighted by Gasteiger charge is 2.04. The minimum atomic E-state index is 1.05. The molecule has 0 unspecified atom stereocenters. The summed E-state index contributed by atoms with van der Waals surface area (Å²) >= 11 is 0. The van der Waals surface area contributed by atoms with Gasteiger partial charge in [-0.3, -0.25) is 4.98 Å². The number of hydrogen-bond acceptors (Lipinski definition) is 1. The summed E-state index contributed by atoms with van der Waals surface area (Å²) in [4.78, 5) is 4.33. The Kier molecular flexibility index (Phi) is 2.26. The van der Waals surface area contributed by atoms with Crippen LogP contribution in [0.2, 0.25) is 0 Å². The van der Waals surface area contributed by atoms with Crippen molar-refractivity contribution in [2.75, 3.05) is 0 Å². The molecule has 0 aromatic carbocycles. The predicted molar refractivity (Wildman–Crippen MR) is 55.3 cm³/mol. The molecule has 1 aliphatic rings. The Labute approximate surface area is 78.8 Å². The van der Waals surface area contributed by atoms with Crippen molar-refractivity contribution in [1.82, 2.24) is 4.98 Å². The van der Waals surface area contributed by atoms with Crippen LogP contribution in [0.5, 0.6) is 0 Å². The predicted octanol–water partition coefficient (Wildman–Crippen LogP) is 2.99. The first-order chi connectivity index (χ1) is 6.40. The van der Waals surface area contributed by atoms with Gasteiger partial charge in [0.1, 0.15) is 0 Å². The fourth-order valence-electron chi connectivity index (χ4n) is 1.57. The van der Waals surface area contributed by atoms with Crippen molar-refractivity contribution in [1.29, 1.82) is 0 Å².